The summed E-state index contributed by atoms with van der Waals surface area (Å²) in [5.74, 6) is 0. The Morgan fingerprint density at radius 3 is 1.68 bits per heavy atom. The zero-order chi connectivity index (χ0) is 26.0. The summed E-state index contributed by atoms with van der Waals surface area (Å²) in [7, 11) is 0. The molecular weight excluding hydrogens is 484 g/mol. The van der Waals surface area contributed by atoms with E-state index in [0.29, 0.717) is 0 Å². The van der Waals surface area contributed by atoms with Crippen LogP contribution in [-0.4, -0.2) is 0 Å². The number of hydrogen-bond donors (Lipinski definition) is 0. The highest BCUT2D eigenvalue weighted by atomic mass is 16.3. The number of rotatable bonds is 0. The lowest BCUT2D eigenvalue weighted by Crippen LogP contribution is -2.25. The summed E-state index contributed by atoms with van der Waals surface area (Å²) >= 11 is 0. The van der Waals surface area contributed by atoms with E-state index >= 15 is 0 Å². The summed E-state index contributed by atoms with van der Waals surface area (Å²) in [6, 6.07) is 49.1. The molecule has 1 heterocycles. The molecule has 2 aliphatic carbocycles. The number of benzene rings is 7. The van der Waals surface area contributed by atoms with Crippen LogP contribution in [0.1, 0.15) is 22.3 Å². The molecule has 1 spiro atoms. The Kier molecular flexibility index (Phi) is 3.68. The second-order valence-corrected chi connectivity index (χ2v) is 11.2. The van der Waals surface area contributed by atoms with Crippen molar-refractivity contribution >= 4 is 43.5 Å². The minimum atomic E-state index is -0.395. The van der Waals surface area contributed by atoms with Gasteiger partial charge >= 0.3 is 0 Å². The Morgan fingerprint density at radius 2 is 0.950 bits per heavy atom. The van der Waals surface area contributed by atoms with Crippen molar-refractivity contribution in [1.82, 2.24) is 0 Å². The third kappa shape index (κ3) is 2.25. The van der Waals surface area contributed by atoms with E-state index in [4.69, 9.17) is 4.42 Å². The van der Waals surface area contributed by atoms with Gasteiger partial charge in [-0.1, -0.05) is 121 Å². The molecule has 0 fully saturated rings. The molecule has 0 N–H and O–H groups in total. The number of hydrogen-bond acceptors (Lipinski definition) is 1. The van der Waals surface area contributed by atoms with Gasteiger partial charge < -0.3 is 4.42 Å². The van der Waals surface area contributed by atoms with Gasteiger partial charge in [-0.05, 0) is 78.2 Å². The van der Waals surface area contributed by atoms with Crippen molar-refractivity contribution in [2.24, 2.45) is 0 Å². The molecule has 0 atom stereocenters. The molecule has 10 rings (SSSR count). The molecule has 0 bridgehead atoms. The predicted molar refractivity (Wildman–Crippen MR) is 165 cm³/mol. The molecule has 8 aromatic rings. The lowest BCUT2D eigenvalue weighted by Gasteiger charge is -2.30. The lowest BCUT2D eigenvalue weighted by atomic mass is 9.70. The first-order chi connectivity index (χ1) is 19.9. The predicted octanol–water partition coefficient (Wildman–Crippen LogP) is 10.2. The monoisotopic (exact) mass is 506 g/mol. The van der Waals surface area contributed by atoms with Crippen molar-refractivity contribution in [3.05, 3.63) is 156 Å². The molecule has 2 aliphatic rings. The van der Waals surface area contributed by atoms with Crippen LogP contribution in [0.25, 0.3) is 65.7 Å². The van der Waals surface area contributed by atoms with E-state index in [1.807, 2.05) is 0 Å². The SMILES string of the molecule is c1ccc2c(c1)-c1ccccc1C21c2ccccc2-c2c1cc1oc3cccc4cccc(c5cccc2c15)c43. The van der Waals surface area contributed by atoms with E-state index in [-0.39, 0.29) is 0 Å². The minimum Gasteiger partial charge on any atom is -0.456 e. The topological polar surface area (TPSA) is 13.1 Å². The summed E-state index contributed by atoms with van der Waals surface area (Å²) in [5, 5.41) is 7.29. The highest BCUT2D eigenvalue weighted by molar-refractivity contribution is 6.26. The van der Waals surface area contributed by atoms with Crippen LogP contribution in [0, 0.1) is 0 Å². The van der Waals surface area contributed by atoms with Crippen molar-refractivity contribution in [2.45, 2.75) is 5.41 Å². The van der Waals surface area contributed by atoms with Crippen LogP contribution in [-0.2, 0) is 5.41 Å². The standard InChI is InChI=1S/C39H22O/c1-4-18-30-24(12-1)25-13-2-5-19-31(25)39(30)32-20-6-3-14-28(32)37-29-17-9-16-27-26-15-7-10-23-11-8-21-34(36(23)26)40-35(38(27)29)22-33(37)39/h1-22H. The maximum absolute atomic E-state index is 6.95. The molecule has 0 aliphatic heterocycles. The Labute approximate surface area is 230 Å². The Balaban J connectivity index is 1.50. The van der Waals surface area contributed by atoms with E-state index in [1.54, 1.807) is 0 Å². The van der Waals surface area contributed by atoms with Crippen molar-refractivity contribution < 1.29 is 4.42 Å². The smallest absolute Gasteiger partial charge is 0.136 e. The fourth-order valence-electron chi connectivity index (χ4n) is 8.06. The molecule has 7 aromatic carbocycles. The van der Waals surface area contributed by atoms with E-state index in [2.05, 4.69) is 133 Å². The third-order valence-electron chi connectivity index (χ3n) is 9.46. The van der Waals surface area contributed by atoms with Gasteiger partial charge in [0.15, 0.2) is 0 Å². The van der Waals surface area contributed by atoms with Crippen LogP contribution in [0.4, 0.5) is 0 Å². The maximum Gasteiger partial charge on any atom is 0.136 e. The zero-order valence-electron chi connectivity index (χ0n) is 21.6. The van der Waals surface area contributed by atoms with E-state index < -0.39 is 5.41 Å². The van der Waals surface area contributed by atoms with Gasteiger partial charge in [-0.2, -0.15) is 0 Å². The quantitative estimate of drug-likeness (QED) is 0.199. The summed E-state index contributed by atoms with van der Waals surface area (Å²) in [4.78, 5) is 0. The molecule has 0 saturated heterocycles. The van der Waals surface area contributed by atoms with Crippen molar-refractivity contribution in [2.75, 3.05) is 0 Å². The Hall–Kier alpha value is -5.14. The lowest BCUT2D eigenvalue weighted by molar-refractivity contribution is 0.662. The Morgan fingerprint density at radius 1 is 0.400 bits per heavy atom. The first kappa shape index (κ1) is 20.8. The first-order valence-corrected chi connectivity index (χ1v) is 13.9. The fraction of sp³-hybridized carbons (Fsp3) is 0.0256. The Bertz CT molecular complexity index is 2330. The largest absolute Gasteiger partial charge is 0.456 e. The summed E-state index contributed by atoms with van der Waals surface area (Å²) in [6.45, 7) is 0. The van der Waals surface area contributed by atoms with Crippen LogP contribution in [0.2, 0.25) is 0 Å². The average Bonchev–Trinajstić information content (AvgIpc) is 3.42. The zero-order valence-corrected chi connectivity index (χ0v) is 21.6. The average molecular weight is 507 g/mol. The van der Waals surface area contributed by atoms with Gasteiger partial charge in [-0.25, -0.2) is 0 Å². The van der Waals surface area contributed by atoms with Crippen molar-refractivity contribution in [3.63, 3.8) is 0 Å². The summed E-state index contributed by atoms with van der Waals surface area (Å²) < 4.78 is 6.95. The van der Waals surface area contributed by atoms with E-state index in [0.717, 1.165) is 11.2 Å². The molecule has 0 radical (unpaired) electrons. The van der Waals surface area contributed by atoms with Crippen LogP contribution in [0.15, 0.2) is 138 Å². The molecule has 0 unspecified atom stereocenters. The maximum atomic E-state index is 6.95. The third-order valence-corrected chi connectivity index (χ3v) is 9.46. The van der Waals surface area contributed by atoms with Gasteiger partial charge in [0, 0.05) is 10.8 Å². The van der Waals surface area contributed by atoms with Gasteiger partial charge in [0.2, 0.25) is 0 Å². The van der Waals surface area contributed by atoms with Crippen LogP contribution in [0.5, 0.6) is 0 Å². The summed E-state index contributed by atoms with van der Waals surface area (Å²) in [6.07, 6.45) is 0. The molecule has 1 aromatic heterocycles. The fourth-order valence-corrected chi connectivity index (χ4v) is 8.06. The highest BCUT2D eigenvalue weighted by Gasteiger charge is 2.52. The molecule has 40 heavy (non-hydrogen) atoms. The number of fused-ring (bicyclic) bond motifs is 12. The van der Waals surface area contributed by atoms with Gasteiger partial charge in [0.1, 0.15) is 11.2 Å². The van der Waals surface area contributed by atoms with Crippen LogP contribution >= 0.6 is 0 Å². The normalized spacial score (nSPS) is 14.2. The molecule has 0 saturated carbocycles. The second-order valence-electron chi connectivity index (χ2n) is 11.2. The van der Waals surface area contributed by atoms with Crippen LogP contribution in [0.3, 0.4) is 0 Å². The van der Waals surface area contributed by atoms with Gasteiger partial charge in [-0.15, -0.1) is 0 Å². The van der Waals surface area contributed by atoms with Crippen LogP contribution < -0.4 is 0 Å². The molecule has 1 heteroatoms. The van der Waals surface area contributed by atoms with Crippen molar-refractivity contribution in [1.29, 1.82) is 0 Å². The molecular formula is C39H22O. The molecule has 0 amide bonds. The summed E-state index contributed by atoms with van der Waals surface area (Å²) in [5.41, 5.74) is 12.1. The molecule has 1 nitrogen and oxygen atoms in total. The second kappa shape index (κ2) is 7.08. The van der Waals surface area contributed by atoms with E-state index in [9.17, 15) is 0 Å². The highest BCUT2D eigenvalue weighted by Crippen LogP contribution is 2.64. The van der Waals surface area contributed by atoms with Gasteiger partial charge in [0.05, 0.1) is 5.41 Å². The molecule has 184 valence electrons. The minimum absolute atomic E-state index is 0.395. The first-order valence-electron chi connectivity index (χ1n) is 13.9. The van der Waals surface area contributed by atoms with Gasteiger partial charge in [0.25, 0.3) is 0 Å². The van der Waals surface area contributed by atoms with Gasteiger partial charge in [-0.3, -0.25) is 0 Å². The van der Waals surface area contributed by atoms with E-state index in [1.165, 1.54) is 76.8 Å². The van der Waals surface area contributed by atoms with Crippen molar-refractivity contribution in [3.8, 4) is 22.3 Å².